The monoisotopic (exact) mass is 357 g/mol. The maximum Gasteiger partial charge on any atom is 0.391 e. The van der Waals surface area contributed by atoms with Gasteiger partial charge in [0, 0.05) is 19.0 Å². The number of alkyl halides is 3. The third-order valence-corrected chi connectivity index (χ3v) is 4.23. The van der Waals surface area contributed by atoms with Gasteiger partial charge in [0.2, 0.25) is 0 Å². The Morgan fingerprint density at radius 3 is 2.84 bits per heavy atom. The van der Waals surface area contributed by atoms with Crippen LogP contribution in [-0.2, 0) is 6.42 Å². The second-order valence-electron chi connectivity index (χ2n) is 6.62. The van der Waals surface area contributed by atoms with Crippen LogP contribution in [0.15, 0.2) is 40.0 Å². The Kier molecular flexibility index (Phi) is 6.96. The van der Waals surface area contributed by atoms with Crippen molar-refractivity contribution in [2.45, 2.75) is 51.2 Å². The van der Waals surface area contributed by atoms with E-state index in [1.54, 1.807) is 6.26 Å². The molecule has 0 aliphatic heterocycles. The minimum atomic E-state index is -4.12. The minimum Gasteiger partial charge on any atom is -0.469 e. The van der Waals surface area contributed by atoms with Crippen LogP contribution in [0, 0.1) is 5.92 Å². The van der Waals surface area contributed by atoms with Gasteiger partial charge < -0.3 is 15.1 Å². The van der Waals surface area contributed by atoms with Gasteiger partial charge in [-0.1, -0.05) is 18.6 Å². The van der Waals surface area contributed by atoms with Gasteiger partial charge in [-0.2, -0.15) is 13.2 Å². The van der Waals surface area contributed by atoms with Crippen molar-refractivity contribution in [3.05, 3.63) is 36.3 Å². The maximum atomic E-state index is 13.0. The molecule has 2 N–H and O–H groups in total. The fourth-order valence-corrected chi connectivity index (χ4v) is 2.94. The highest BCUT2D eigenvalue weighted by atomic mass is 19.4. The number of nitrogens with zero attached hydrogens (tertiary/aromatic N) is 1. The lowest BCUT2D eigenvalue weighted by molar-refractivity contribution is -0.183. The summed E-state index contributed by atoms with van der Waals surface area (Å²) in [5.41, 5.74) is 0.893. The number of halogens is 3. The first-order valence-corrected chi connectivity index (χ1v) is 8.63. The molecule has 0 amide bonds. The van der Waals surface area contributed by atoms with E-state index < -0.39 is 12.1 Å². The average molecular weight is 357 g/mol. The molecule has 1 heterocycles. The molecular formula is C18H26F3N3O. The highest BCUT2D eigenvalue weighted by molar-refractivity contribution is 5.80. The molecule has 0 bridgehead atoms. The number of rotatable bonds is 6. The van der Waals surface area contributed by atoms with E-state index in [0.29, 0.717) is 31.9 Å². The van der Waals surface area contributed by atoms with Gasteiger partial charge >= 0.3 is 6.18 Å². The van der Waals surface area contributed by atoms with Crippen LogP contribution in [0.25, 0.3) is 0 Å². The van der Waals surface area contributed by atoms with Crippen LogP contribution >= 0.6 is 0 Å². The molecular weight excluding hydrogens is 331 g/mol. The van der Waals surface area contributed by atoms with Gasteiger partial charge in [0.05, 0.1) is 18.7 Å². The van der Waals surface area contributed by atoms with E-state index >= 15 is 0 Å². The lowest BCUT2D eigenvalue weighted by Crippen LogP contribution is -2.47. The lowest BCUT2D eigenvalue weighted by atomic mass is 9.85. The summed E-state index contributed by atoms with van der Waals surface area (Å²) in [6.07, 6.45) is -0.233. The molecule has 140 valence electrons. The van der Waals surface area contributed by atoms with E-state index in [1.165, 1.54) is 0 Å². The van der Waals surface area contributed by atoms with Gasteiger partial charge in [0.1, 0.15) is 5.76 Å². The predicted molar refractivity (Wildman–Crippen MR) is 92.5 cm³/mol. The summed E-state index contributed by atoms with van der Waals surface area (Å²) >= 11 is 0. The van der Waals surface area contributed by atoms with Crippen LogP contribution in [0.3, 0.4) is 0 Å². The standard InChI is InChI=1S/C18H26F3N3O/c1-13(2)12-23-17(22-9-8-16-7-4-10-25-16)24-15-6-3-5-14(11-15)18(19,20)21/h4,7,10,14-15H,1,3,5-6,8-9,11-12H2,2H3,(H2,22,23,24). The molecule has 1 aliphatic rings. The van der Waals surface area contributed by atoms with Gasteiger partial charge in [-0.05, 0) is 38.3 Å². The third kappa shape index (κ3) is 6.84. The highest BCUT2D eigenvalue weighted by Gasteiger charge is 2.42. The van der Waals surface area contributed by atoms with Crippen LogP contribution in [0.5, 0.6) is 0 Å². The SMILES string of the molecule is C=C(C)CN=C(NCCc1ccco1)NC1CCCC(C(F)(F)F)C1. The topological polar surface area (TPSA) is 49.6 Å². The van der Waals surface area contributed by atoms with Gasteiger partial charge in [-0.25, -0.2) is 4.99 Å². The first kappa shape index (κ1) is 19.4. The summed E-state index contributed by atoms with van der Waals surface area (Å²) in [6.45, 7) is 6.70. The summed E-state index contributed by atoms with van der Waals surface area (Å²) in [7, 11) is 0. The molecule has 1 saturated carbocycles. The summed E-state index contributed by atoms with van der Waals surface area (Å²) in [5.74, 6) is 0.146. The molecule has 2 unspecified atom stereocenters. The number of guanidine groups is 1. The fourth-order valence-electron chi connectivity index (χ4n) is 2.94. The molecule has 0 radical (unpaired) electrons. The quantitative estimate of drug-likeness (QED) is 0.459. The lowest BCUT2D eigenvalue weighted by Gasteiger charge is -2.32. The summed E-state index contributed by atoms with van der Waals surface area (Å²) < 4.78 is 44.2. The summed E-state index contributed by atoms with van der Waals surface area (Å²) in [5, 5.41) is 6.33. The van der Waals surface area contributed by atoms with Crippen molar-refractivity contribution in [2.75, 3.05) is 13.1 Å². The van der Waals surface area contributed by atoms with Crippen LogP contribution in [0.1, 0.15) is 38.4 Å². The van der Waals surface area contributed by atoms with E-state index in [-0.39, 0.29) is 18.9 Å². The van der Waals surface area contributed by atoms with Crippen LogP contribution < -0.4 is 10.6 Å². The first-order valence-electron chi connectivity index (χ1n) is 8.63. The number of hydrogen-bond donors (Lipinski definition) is 2. The molecule has 2 rings (SSSR count). The maximum absolute atomic E-state index is 13.0. The Morgan fingerprint density at radius 2 is 2.20 bits per heavy atom. The fraction of sp³-hybridized carbons (Fsp3) is 0.611. The predicted octanol–water partition coefficient (Wildman–Crippen LogP) is 4.05. The van der Waals surface area contributed by atoms with Crippen LogP contribution in [0.4, 0.5) is 13.2 Å². The van der Waals surface area contributed by atoms with Crippen molar-refractivity contribution >= 4 is 5.96 Å². The molecule has 25 heavy (non-hydrogen) atoms. The van der Waals surface area contributed by atoms with E-state index in [1.807, 2.05) is 19.1 Å². The number of hydrogen-bond acceptors (Lipinski definition) is 2. The summed E-state index contributed by atoms with van der Waals surface area (Å²) in [4.78, 5) is 4.41. The van der Waals surface area contributed by atoms with Crippen molar-refractivity contribution in [2.24, 2.45) is 10.9 Å². The molecule has 2 atom stereocenters. The zero-order valence-electron chi connectivity index (χ0n) is 14.5. The Bertz CT molecular complexity index is 567. The highest BCUT2D eigenvalue weighted by Crippen LogP contribution is 2.37. The van der Waals surface area contributed by atoms with Crippen LogP contribution in [0.2, 0.25) is 0 Å². The number of aliphatic imine (C=N–C) groups is 1. The molecule has 1 aliphatic carbocycles. The Morgan fingerprint density at radius 1 is 1.40 bits per heavy atom. The normalized spacial score (nSPS) is 21.8. The first-order chi connectivity index (χ1) is 11.8. The molecule has 1 aromatic rings. The van der Waals surface area contributed by atoms with Gasteiger partial charge in [-0.15, -0.1) is 0 Å². The smallest absolute Gasteiger partial charge is 0.391 e. The second-order valence-corrected chi connectivity index (χ2v) is 6.62. The van der Waals surface area contributed by atoms with Crippen molar-refractivity contribution in [3.8, 4) is 0 Å². The van der Waals surface area contributed by atoms with E-state index in [2.05, 4.69) is 22.2 Å². The van der Waals surface area contributed by atoms with E-state index in [0.717, 1.165) is 17.8 Å². The van der Waals surface area contributed by atoms with Gasteiger partial charge in [0.25, 0.3) is 0 Å². The van der Waals surface area contributed by atoms with Gasteiger partial charge in [-0.3, -0.25) is 0 Å². The van der Waals surface area contributed by atoms with Crippen molar-refractivity contribution < 1.29 is 17.6 Å². The molecule has 1 aromatic heterocycles. The van der Waals surface area contributed by atoms with E-state index in [9.17, 15) is 13.2 Å². The zero-order valence-corrected chi connectivity index (χ0v) is 14.5. The summed E-state index contributed by atoms with van der Waals surface area (Å²) in [6, 6.07) is 3.48. The Balaban J connectivity index is 1.90. The average Bonchev–Trinajstić information content (AvgIpc) is 3.05. The number of nitrogens with one attached hydrogen (secondary N) is 2. The molecule has 7 heteroatoms. The van der Waals surface area contributed by atoms with Crippen molar-refractivity contribution in [3.63, 3.8) is 0 Å². The van der Waals surface area contributed by atoms with Crippen molar-refractivity contribution in [1.29, 1.82) is 0 Å². The number of furan rings is 1. The largest absolute Gasteiger partial charge is 0.469 e. The second kappa shape index (κ2) is 8.97. The van der Waals surface area contributed by atoms with Gasteiger partial charge in [0.15, 0.2) is 5.96 Å². The third-order valence-electron chi connectivity index (χ3n) is 4.23. The molecule has 4 nitrogen and oxygen atoms in total. The van der Waals surface area contributed by atoms with Crippen molar-refractivity contribution in [1.82, 2.24) is 10.6 Å². The molecule has 0 aromatic carbocycles. The Labute approximate surface area is 146 Å². The molecule has 1 fully saturated rings. The van der Waals surface area contributed by atoms with Crippen LogP contribution in [-0.4, -0.2) is 31.3 Å². The zero-order chi connectivity index (χ0) is 18.3. The van der Waals surface area contributed by atoms with E-state index in [4.69, 9.17) is 4.42 Å². The Hall–Kier alpha value is -1.92. The molecule has 0 spiro atoms. The minimum absolute atomic E-state index is 0.0927. The molecule has 0 saturated heterocycles.